The lowest BCUT2D eigenvalue weighted by atomic mass is 9.90. The summed E-state index contributed by atoms with van der Waals surface area (Å²) >= 11 is 0. The normalized spacial score (nSPS) is 20.6. The Bertz CT molecular complexity index is 959. The lowest BCUT2D eigenvalue weighted by Crippen LogP contribution is -2.40. The molecule has 1 saturated heterocycles. The minimum atomic E-state index is -0.0536. The van der Waals surface area contributed by atoms with Crippen molar-refractivity contribution in [2.75, 3.05) is 6.54 Å². The molecule has 4 rings (SSSR count). The third kappa shape index (κ3) is 3.13. The number of fused-ring (bicyclic) bond motifs is 1. The van der Waals surface area contributed by atoms with Gasteiger partial charge in [0.15, 0.2) is 0 Å². The van der Waals surface area contributed by atoms with Crippen molar-refractivity contribution in [3.8, 4) is 0 Å². The van der Waals surface area contributed by atoms with Crippen LogP contribution < -0.4 is 0 Å². The molecule has 0 unspecified atom stereocenters. The van der Waals surface area contributed by atoms with Crippen LogP contribution >= 0.6 is 0 Å². The standard InChI is InChI=1S/C21H25N3O3/c1-12(2)16-11-15(19-14(4)23-27-20(19)22-16)21(25)24-8-7-13(3)10-17(24)18-6-5-9-26-18/h5-6,9,11-13,17H,7-8,10H2,1-4H3/t13-,17+/m1/s1. The minimum Gasteiger partial charge on any atom is -0.467 e. The van der Waals surface area contributed by atoms with E-state index < -0.39 is 0 Å². The lowest BCUT2D eigenvalue weighted by Gasteiger charge is -2.37. The first-order valence-electron chi connectivity index (χ1n) is 9.57. The summed E-state index contributed by atoms with van der Waals surface area (Å²) in [6.07, 6.45) is 3.55. The summed E-state index contributed by atoms with van der Waals surface area (Å²) < 4.78 is 11.0. The number of carbonyl (C=O) groups is 1. The van der Waals surface area contributed by atoms with Crippen LogP contribution in [0, 0.1) is 12.8 Å². The lowest BCUT2D eigenvalue weighted by molar-refractivity contribution is 0.0522. The number of piperidine rings is 1. The van der Waals surface area contributed by atoms with E-state index in [4.69, 9.17) is 8.94 Å². The SMILES string of the molecule is Cc1noc2nc(C(C)C)cc(C(=O)N3CC[C@@H](C)C[C@H]3c3ccco3)c12. The zero-order chi connectivity index (χ0) is 19.1. The first kappa shape index (κ1) is 17.8. The number of aryl methyl sites for hydroxylation is 1. The fraction of sp³-hybridized carbons (Fsp3) is 0.476. The summed E-state index contributed by atoms with van der Waals surface area (Å²) in [5.41, 5.74) is 2.58. The number of amides is 1. The topological polar surface area (TPSA) is 72.4 Å². The van der Waals surface area contributed by atoms with Gasteiger partial charge in [0, 0.05) is 12.2 Å². The molecule has 27 heavy (non-hydrogen) atoms. The molecule has 4 heterocycles. The molecule has 0 spiro atoms. The van der Waals surface area contributed by atoms with Gasteiger partial charge in [0.2, 0.25) is 0 Å². The van der Waals surface area contributed by atoms with E-state index in [-0.39, 0.29) is 17.9 Å². The quantitative estimate of drug-likeness (QED) is 0.661. The Kier molecular flexibility index (Phi) is 4.50. The highest BCUT2D eigenvalue weighted by molar-refractivity contribution is 6.06. The largest absolute Gasteiger partial charge is 0.467 e. The number of likely N-dealkylation sites (tertiary alicyclic amines) is 1. The van der Waals surface area contributed by atoms with E-state index in [1.54, 1.807) is 6.26 Å². The fourth-order valence-corrected chi connectivity index (χ4v) is 3.87. The van der Waals surface area contributed by atoms with E-state index in [0.29, 0.717) is 34.8 Å². The van der Waals surface area contributed by atoms with Crippen LogP contribution in [0.4, 0.5) is 0 Å². The third-order valence-electron chi connectivity index (χ3n) is 5.46. The highest BCUT2D eigenvalue weighted by Gasteiger charge is 2.34. The van der Waals surface area contributed by atoms with Crippen LogP contribution in [0.1, 0.15) is 73.1 Å². The molecule has 0 saturated carbocycles. The molecule has 6 heteroatoms. The number of hydrogen-bond acceptors (Lipinski definition) is 5. The van der Waals surface area contributed by atoms with E-state index in [1.807, 2.05) is 30.0 Å². The van der Waals surface area contributed by atoms with Gasteiger partial charge in [-0.1, -0.05) is 25.9 Å². The average Bonchev–Trinajstić information content (AvgIpc) is 3.31. The number of carbonyl (C=O) groups excluding carboxylic acids is 1. The van der Waals surface area contributed by atoms with Crippen molar-refractivity contribution in [2.24, 2.45) is 5.92 Å². The smallest absolute Gasteiger partial charge is 0.259 e. The molecular weight excluding hydrogens is 342 g/mol. The Labute approximate surface area is 158 Å². The second kappa shape index (κ2) is 6.83. The molecule has 0 aromatic carbocycles. The van der Waals surface area contributed by atoms with Gasteiger partial charge >= 0.3 is 0 Å². The van der Waals surface area contributed by atoms with Crippen molar-refractivity contribution in [3.63, 3.8) is 0 Å². The maximum atomic E-state index is 13.6. The third-order valence-corrected chi connectivity index (χ3v) is 5.46. The zero-order valence-electron chi connectivity index (χ0n) is 16.2. The van der Waals surface area contributed by atoms with Gasteiger partial charge in [-0.3, -0.25) is 4.79 Å². The van der Waals surface area contributed by atoms with Crippen molar-refractivity contribution in [1.29, 1.82) is 0 Å². The summed E-state index contributed by atoms with van der Waals surface area (Å²) in [5, 5.41) is 4.75. The molecule has 0 N–H and O–H groups in total. The molecule has 1 fully saturated rings. The predicted molar refractivity (Wildman–Crippen MR) is 102 cm³/mol. The Morgan fingerprint density at radius 3 is 2.89 bits per heavy atom. The van der Waals surface area contributed by atoms with E-state index in [0.717, 1.165) is 24.3 Å². The predicted octanol–water partition coefficient (Wildman–Crippen LogP) is 4.86. The van der Waals surface area contributed by atoms with E-state index in [2.05, 4.69) is 30.9 Å². The second-order valence-corrected chi connectivity index (χ2v) is 7.86. The zero-order valence-corrected chi connectivity index (χ0v) is 16.2. The first-order valence-corrected chi connectivity index (χ1v) is 9.57. The van der Waals surface area contributed by atoms with Crippen LogP contribution in [-0.4, -0.2) is 27.5 Å². The fourth-order valence-electron chi connectivity index (χ4n) is 3.87. The number of nitrogens with zero attached hydrogens (tertiary/aromatic N) is 3. The highest BCUT2D eigenvalue weighted by Crippen LogP contribution is 2.36. The average molecular weight is 367 g/mol. The molecule has 142 valence electrons. The van der Waals surface area contributed by atoms with Crippen LogP contribution in [0.5, 0.6) is 0 Å². The van der Waals surface area contributed by atoms with Gasteiger partial charge in [-0.15, -0.1) is 0 Å². The van der Waals surface area contributed by atoms with Crippen molar-refractivity contribution in [2.45, 2.75) is 52.5 Å². The van der Waals surface area contributed by atoms with Gasteiger partial charge in [-0.25, -0.2) is 4.98 Å². The van der Waals surface area contributed by atoms with Crippen LogP contribution in [-0.2, 0) is 0 Å². The number of hydrogen-bond donors (Lipinski definition) is 0. The monoisotopic (exact) mass is 367 g/mol. The number of pyridine rings is 1. The van der Waals surface area contributed by atoms with Gasteiger partial charge in [-0.05, 0) is 49.8 Å². The summed E-state index contributed by atoms with van der Waals surface area (Å²) in [6, 6.07) is 5.68. The second-order valence-electron chi connectivity index (χ2n) is 7.86. The molecule has 1 aliphatic rings. The Morgan fingerprint density at radius 1 is 1.37 bits per heavy atom. The molecule has 1 amide bonds. The molecule has 0 bridgehead atoms. The summed E-state index contributed by atoms with van der Waals surface area (Å²) in [4.78, 5) is 20.1. The van der Waals surface area contributed by atoms with Crippen LogP contribution in [0.15, 0.2) is 33.4 Å². The molecule has 3 aromatic rings. The maximum absolute atomic E-state index is 13.6. The van der Waals surface area contributed by atoms with E-state index in [1.165, 1.54) is 0 Å². The molecule has 3 aromatic heterocycles. The van der Waals surface area contributed by atoms with Gasteiger partial charge in [0.05, 0.1) is 28.9 Å². The van der Waals surface area contributed by atoms with Gasteiger partial charge in [-0.2, -0.15) is 0 Å². The Balaban J connectivity index is 1.80. The maximum Gasteiger partial charge on any atom is 0.259 e. The number of furan rings is 1. The van der Waals surface area contributed by atoms with Gasteiger partial charge in [0.1, 0.15) is 5.76 Å². The Hall–Kier alpha value is -2.63. The number of aromatic nitrogens is 2. The first-order chi connectivity index (χ1) is 13.0. The van der Waals surface area contributed by atoms with Crippen LogP contribution in [0.2, 0.25) is 0 Å². The summed E-state index contributed by atoms with van der Waals surface area (Å²) in [7, 11) is 0. The molecule has 6 nitrogen and oxygen atoms in total. The summed E-state index contributed by atoms with van der Waals surface area (Å²) in [6.45, 7) is 8.89. The molecule has 0 aliphatic carbocycles. The van der Waals surface area contributed by atoms with Crippen LogP contribution in [0.3, 0.4) is 0 Å². The molecule has 2 atom stereocenters. The molecule has 1 aliphatic heterocycles. The van der Waals surface area contributed by atoms with Gasteiger partial charge in [0.25, 0.3) is 11.6 Å². The van der Waals surface area contributed by atoms with Crippen molar-refractivity contribution < 1.29 is 13.7 Å². The van der Waals surface area contributed by atoms with Crippen molar-refractivity contribution in [3.05, 3.63) is 47.2 Å². The van der Waals surface area contributed by atoms with Crippen molar-refractivity contribution in [1.82, 2.24) is 15.0 Å². The molecular formula is C21H25N3O3. The molecule has 0 radical (unpaired) electrons. The van der Waals surface area contributed by atoms with Crippen LogP contribution in [0.25, 0.3) is 11.1 Å². The van der Waals surface area contributed by atoms with Crippen molar-refractivity contribution >= 4 is 17.0 Å². The summed E-state index contributed by atoms with van der Waals surface area (Å²) in [5.74, 6) is 1.56. The van der Waals surface area contributed by atoms with E-state index >= 15 is 0 Å². The van der Waals surface area contributed by atoms with Gasteiger partial charge < -0.3 is 13.8 Å². The Morgan fingerprint density at radius 2 is 2.19 bits per heavy atom. The number of rotatable bonds is 3. The minimum absolute atomic E-state index is 0.0103. The highest BCUT2D eigenvalue weighted by atomic mass is 16.5. The van der Waals surface area contributed by atoms with E-state index in [9.17, 15) is 4.79 Å².